The molecule has 0 spiro atoms. The summed E-state index contributed by atoms with van der Waals surface area (Å²) >= 11 is 0. The summed E-state index contributed by atoms with van der Waals surface area (Å²) in [4.78, 5) is 2.68. The zero-order chi connectivity index (χ0) is 16.1. The molecule has 0 bridgehead atoms. The molecule has 0 saturated heterocycles. The average molecular weight is 320 g/mol. The first kappa shape index (κ1) is 15.5. The van der Waals surface area contributed by atoms with Crippen molar-refractivity contribution in [1.29, 1.82) is 0 Å². The molecule has 0 radical (unpaired) electrons. The van der Waals surface area contributed by atoms with Gasteiger partial charge in [0.1, 0.15) is 0 Å². The number of nitrogens with one attached hydrogen (secondary N) is 1. The number of aryl methyl sites for hydroxylation is 1. The van der Waals surface area contributed by atoms with Crippen LogP contribution in [0.15, 0.2) is 34.3 Å². The highest BCUT2D eigenvalue weighted by Crippen LogP contribution is 2.65. The minimum Gasteiger partial charge on any atom is -0.200 e. The fourth-order valence-electron chi connectivity index (χ4n) is 3.72. The van der Waals surface area contributed by atoms with Crippen LogP contribution in [0.5, 0.6) is 0 Å². The third-order valence-electron chi connectivity index (χ3n) is 5.53. The van der Waals surface area contributed by atoms with Gasteiger partial charge in [0.05, 0.1) is 4.90 Å². The number of fused-ring (bicyclic) bond motifs is 1. The van der Waals surface area contributed by atoms with Crippen LogP contribution in [0.3, 0.4) is 0 Å². The van der Waals surface area contributed by atoms with Crippen molar-refractivity contribution in [3.63, 3.8) is 0 Å². The molecule has 1 aromatic carbocycles. The summed E-state index contributed by atoms with van der Waals surface area (Å²) in [5.74, 6) is 1.78. The molecule has 2 saturated carbocycles. The zero-order valence-corrected chi connectivity index (χ0v) is 14.4. The highest BCUT2D eigenvalue weighted by atomic mass is 32.2. The fourth-order valence-corrected chi connectivity index (χ4v) is 4.56. The second kappa shape index (κ2) is 5.08. The Balaban J connectivity index is 1.74. The van der Waals surface area contributed by atoms with E-state index < -0.39 is 10.0 Å². The molecule has 0 unspecified atom stereocenters. The quantitative estimate of drug-likeness (QED) is 0.868. The van der Waals surface area contributed by atoms with Crippen LogP contribution < -0.4 is 4.83 Å². The standard InChI is InChI=1S/C17H24N2O2S/c1-11-5-7-13(8-6-11)22(20,21)19-18-16-10-15-14(9-12(16)2)17(15,3)4/h5-8,12,14-15,19H,9-10H2,1-4H3/b18-16-/t12-,14-,15+/m0/s1. The van der Waals surface area contributed by atoms with Crippen LogP contribution in [0.1, 0.15) is 39.2 Å². The average Bonchev–Trinajstić information content (AvgIpc) is 2.97. The second-order valence-corrected chi connectivity index (χ2v) is 9.05. The molecule has 0 amide bonds. The molecular formula is C17H24N2O2S. The number of sulfonamides is 1. The normalized spacial score (nSPS) is 31.6. The second-order valence-electron chi connectivity index (χ2n) is 7.39. The van der Waals surface area contributed by atoms with Crippen molar-refractivity contribution in [3.8, 4) is 0 Å². The topological polar surface area (TPSA) is 58.5 Å². The molecule has 1 aromatic rings. The number of rotatable bonds is 3. The van der Waals surface area contributed by atoms with Crippen LogP contribution in [0.4, 0.5) is 0 Å². The van der Waals surface area contributed by atoms with E-state index in [4.69, 9.17) is 0 Å². The Morgan fingerprint density at radius 1 is 1.18 bits per heavy atom. The Morgan fingerprint density at radius 3 is 2.45 bits per heavy atom. The van der Waals surface area contributed by atoms with Crippen LogP contribution in [0.2, 0.25) is 0 Å². The fraction of sp³-hybridized carbons (Fsp3) is 0.588. The van der Waals surface area contributed by atoms with Crippen LogP contribution in [0, 0.1) is 30.1 Å². The molecule has 5 heteroatoms. The van der Waals surface area contributed by atoms with Gasteiger partial charge in [0.15, 0.2) is 0 Å². The minimum absolute atomic E-state index is 0.260. The van der Waals surface area contributed by atoms with E-state index in [1.54, 1.807) is 24.3 Å². The number of hydrogen-bond donors (Lipinski definition) is 1. The Morgan fingerprint density at radius 2 is 1.82 bits per heavy atom. The van der Waals surface area contributed by atoms with Gasteiger partial charge in [0.25, 0.3) is 10.0 Å². The first-order valence-electron chi connectivity index (χ1n) is 7.87. The van der Waals surface area contributed by atoms with Gasteiger partial charge in [0.2, 0.25) is 0 Å². The first-order chi connectivity index (χ1) is 10.2. The highest BCUT2D eigenvalue weighted by molar-refractivity contribution is 7.89. The smallest absolute Gasteiger partial charge is 0.200 e. The lowest BCUT2D eigenvalue weighted by molar-refractivity contribution is 0.495. The molecule has 120 valence electrons. The van der Waals surface area contributed by atoms with E-state index in [0.29, 0.717) is 17.3 Å². The van der Waals surface area contributed by atoms with Gasteiger partial charge >= 0.3 is 0 Å². The molecule has 3 atom stereocenters. The summed E-state index contributed by atoms with van der Waals surface area (Å²) in [5.41, 5.74) is 2.41. The van der Waals surface area contributed by atoms with Crippen molar-refractivity contribution in [1.82, 2.24) is 4.83 Å². The highest BCUT2D eigenvalue weighted by Gasteiger charge is 2.60. The molecule has 2 aliphatic carbocycles. The lowest BCUT2D eigenvalue weighted by Gasteiger charge is -2.19. The molecule has 0 aromatic heterocycles. The number of hydrazone groups is 1. The van der Waals surface area contributed by atoms with Crippen molar-refractivity contribution in [2.75, 3.05) is 0 Å². The molecule has 4 nitrogen and oxygen atoms in total. The van der Waals surface area contributed by atoms with Crippen LogP contribution in [-0.4, -0.2) is 14.1 Å². The predicted molar refractivity (Wildman–Crippen MR) is 88.1 cm³/mol. The maximum Gasteiger partial charge on any atom is 0.276 e. The van der Waals surface area contributed by atoms with Gasteiger partial charge < -0.3 is 0 Å². The zero-order valence-electron chi connectivity index (χ0n) is 13.6. The molecule has 1 N–H and O–H groups in total. The third kappa shape index (κ3) is 2.67. The van der Waals surface area contributed by atoms with Gasteiger partial charge in [-0.05, 0) is 55.1 Å². The predicted octanol–water partition coefficient (Wildman–Crippen LogP) is 3.33. The summed E-state index contributed by atoms with van der Waals surface area (Å²) in [7, 11) is -3.57. The SMILES string of the molecule is Cc1ccc(S(=O)(=O)N/N=C2/C[C@@H]3[C@H](C[C@@H]2C)C3(C)C)cc1. The van der Waals surface area contributed by atoms with Gasteiger partial charge in [-0.2, -0.15) is 13.5 Å². The van der Waals surface area contributed by atoms with E-state index in [9.17, 15) is 8.42 Å². The number of benzene rings is 1. The van der Waals surface area contributed by atoms with Gasteiger partial charge in [0, 0.05) is 5.71 Å². The van der Waals surface area contributed by atoms with E-state index in [2.05, 4.69) is 30.7 Å². The Bertz CT molecular complexity index is 705. The summed E-state index contributed by atoms with van der Waals surface area (Å²) in [6.45, 7) is 8.67. The van der Waals surface area contributed by atoms with Gasteiger partial charge in [-0.25, -0.2) is 4.83 Å². The molecule has 2 aliphatic rings. The van der Waals surface area contributed by atoms with E-state index in [1.807, 2.05) is 6.92 Å². The van der Waals surface area contributed by atoms with Crippen molar-refractivity contribution >= 4 is 15.7 Å². The van der Waals surface area contributed by atoms with E-state index in [0.717, 1.165) is 30.0 Å². The largest absolute Gasteiger partial charge is 0.276 e. The molecule has 22 heavy (non-hydrogen) atoms. The van der Waals surface area contributed by atoms with Crippen molar-refractivity contribution < 1.29 is 8.42 Å². The minimum atomic E-state index is -3.57. The summed E-state index contributed by atoms with van der Waals surface area (Å²) in [5, 5.41) is 4.26. The van der Waals surface area contributed by atoms with Crippen LogP contribution in [0.25, 0.3) is 0 Å². The molecular weight excluding hydrogens is 296 g/mol. The third-order valence-corrected chi connectivity index (χ3v) is 6.76. The molecule has 0 heterocycles. The van der Waals surface area contributed by atoms with Gasteiger partial charge in [-0.3, -0.25) is 0 Å². The van der Waals surface area contributed by atoms with E-state index >= 15 is 0 Å². The summed E-state index contributed by atoms with van der Waals surface area (Å²) in [6.07, 6.45) is 2.03. The Hall–Kier alpha value is -1.36. The van der Waals surface area contributed by atoms with Gasteiger partial charge in [-0.15, -0.1) is 0 Å². The molecule has 0 aliphatic heterocycles. The summed E-state index contributed by atoms with van der Waals surface area (Å²) < 4.78 is 24.6. The number of hydrogen-bond acceptors (Lipinski definition) is 3. The lowest BCUT2D eigenvalue weighted by atomic mass is 9.89. The monoisotopic (exact) mass is 320 g/mol. The van der Waals surface area contributed by atoms with Crippen LogP contribution >= 0.6 is 0 Å². The van der Waals surface area contributed by atoms with Crippen molar-refractivity contribution in [2.24, 2.45) is 28.3 Å². The maximum atomic E-state index is 12.3. The molecule has 3 rings (SSSR count). The molecule has 2 fully saturated rings. The summed E-state index contributed by atoms with van der Waals surface area (Å²) in [6, 6.07) is 6.81. The van der Waals surface area contributed by atoms with E-state index in [1.165, 1.54) is 0 Å². The number of nitrogens with zero attached hydrogens (tertiary/aromatic N) is 1. The Kier molecular flexibility index (Phi) is 3.59. The van der Waals surface area contributed by atoms with E-state index in [-0.39, 0.29) is 4.90 Å². The van der Waals surface area contributed by atoms with Crippen molar-refractivity contribution in [3.05, 3.63) is 29.8 Å². The van der Waals surface area contributed by atoms with Crippen molar-refractivity contribution in [2.45, 2.75) is 45.4 Å². The van der Waals surface area contributed by atoms with Gasteiger partial charge in [-0.1, -0.05) is 38.5 Å². The first-order valence-corrected chi connectivity index (χ1v) is 9.35. The van der Waals surface area contributed by atoms with Crippen LogP contribution in [-0.2, 0) is 10.0 Å². The Labute approximate surface area is 133 Å². The lowest BCUT2D eigenvalue weighted by Crippen LogP contribution is -2.25. The maximum absolute atomic E-state index is 12.3.